The lowest BCUT2D eigenvalue weighted by atomic mass is 9.86. The van der Waals surface area contributed by atoms with E-state index >= 15 is 0 Å². The largest absolute Gasteiger partial charge is 0.508 e. The molecule has 0 atom stereocenters. The zero-order chi connectivity index (χ0) is 84.1. The van der Waals surface area contributed by atoms with Crippen LogP contribution >= 0.6 is 15.9 Å². The van der Waals surface area contributed by atoms with Crippen LogP contribution in [0.25, 0.3) is 33.8 Å². The topological polar surface area (TPSA) is 320 Å². The van der Waals surface area contributed by atoms with Gasteiger partial charge in [-0.05, 0) is 144 Å². The molecule has 616 valence electrons. The van der Waals surface area contributed by atoms with Crippen molar-refractivity contribution in [3.8, 4) is 51.3 Å². The van der Waals surface area contributed by atoms with Crippen molar-refractivity contribution < 1.29 is 85.2 Å². The number of aryl methyl sites for hydroxylation is 1. The average Bonchev–Trinajstić information content (AvgIpc) is 1.06. The smallest absolute Gasteiger partial charge is 0.410 e. The molecule has 2 fully saturated rings. The third kappa shape index (κ3) is 24.0. The van der Waals surface area contributed by atoms with Crippen LogP contribution in [0.2, 0.25) is 51.4 Å². The highest BCUT2D eigenvalue weighted by molar-refractivity contribution is 9.10. The van der Waals surface area contributed by atoms with Crippen molar-refractivity contribution in [3.05, 3.63) is 209 Å². The summed E-state index contributed by atoms with van der Waals surface area (Å²) >= 11 is 3.39. The Hall–Kier alpha value is -11.1. The molecule has 0 radical (unpaired) electrons. The molecule has 116 heavy (non-hydrogen) atoms. The van der Waals surface area contributed by atoms with Crippen molar-refractivity contribution in [2.75, 3.05) is 50.0 Å². The number of ether oxygens (including phenoxy) is 7. The standard InChI is InChI=1S/C37H43F2N7O7Si.C23H25BrF2N6O3Si.C14H19NO4.C7H8/c1-36(2,3)53-35(48)44-21-37(49,22-44)24-9-7-10-25(17-24)51-26-11-12-30(52-34(38)39)27(18-26)31-29(20-42-46(31)23-50-15-16-54(4,5)6)43-33(47)28-19-41-45-14-8-13-40-32(28)45;1-36(2,3)10-9-34-14-32-20(16-11-15(24)5-6-19(16)35-23(25)26)18(13-29-32)30-22(33)17-12-28-31-8-4-7-27-21(17)31;1-13(2,3)19-12(17)15-8-14(18,9-15)10-5-4-6-11(16)7-10;1-7-5-3-2-4-6-7/h7-14,17-20,34,49H,15-16,21-23H2,1-6H3,(H,43,47);4-8,11-13,23H,9-10,14H2,1-3H3,(H,30,33);4-7,16,18H,8-9H2,1-3H3;2-6H,1H3. The second-order valence-corrected chi connectivity index (χ2v) is 44.1. The van der Waals surface area contributed by atoms with E-state index in [2.05, 4.69) is 115 Å². The number of β-amino-alcohol motifs (C(OH)–C–C–N with tert-alkyl or cyclic N) is 2. The number of amides is 4. The van der Waals surface area contributed by atoms with Gasteiger partial charge in [0.25, 0.3) is 11.8 Å². The van der Waals surface area contributed by atoms with E-state index in [9.17, 15) is 52.1 Å². The summed E-state index contributed by atoms with van der Waals surface area (Å²) < 4.78 is 98.9. The molecule has 2 aliphatic heterocycles. The molecule has 2 aliphatic rings. The first-order chi connectivity index (χ1) is 54.7. The maximum absolute atomic E-state index is 13.8. The minimum absolute atomic E-state index is 0.0268. The lowest BCUT2D eigenvalue weighted by Gasteiger charge is -2.46. The predicted octanol–water partition coefficient (Wildman–Crippen LogP) is 16.3. The lowest BCUT2D eigenvalue weighted by Crippen LogP contribution is -2.61. The van der Waals surface area contributed by atoms with Crippen molar-refractivity contribution in [2.24, 2.45) is 0 Å². The van der Waals surface area contributed by atoms with Gasteiger partial charge in [-0.15, -0.1) is 0 Å². The number of fused-ring (bicyclic) bond motifs is 2. The quantitative estimate of drug-likeness (QED) is 0.0213. The van der Waals surface area contributed by atoms with Crippen LogP contribution in [-0.4, -0.2) is 178 Å². The van der Waals surface area contributed by atoms with E-state index in [1.54, 1.807) is 121 Å². The molecular weight excluding hydrogens is 1610 g/mol. The van der Waals surface area contributed by atoms with Crippen LogP contribution in [0.4, 0.5) is 38.5 Å². The van der Waals surface area contributed by atoms with Crippen molar-refractivity contribution in [1.82, 2.24) is 58.6 Å². The fourth-order valence-corrected chi connectivity index (χ4v) is 13.6. The molecule has 5 aromatic carbocycles. The number of nitrogens with one attached hydrogen (secondary N) is 2. The highest BCUT2D eigenvalue weighted by Crippen LogP contribution is 2.43. The van der Waals surface area contributed by atoms with Crippen molar-refractivity contribution in [2.45, 2.75) is 149 Å². The van der Waals surface area contributed by atoms with Gasteiger partial charge in [0, 0.05) is 69.7 Å². The van der Waals surface area contributed by atoms with Gasteiger partial charge < -0.3 is 68.9 Å². The van der Waals surface area contributed by atoms with E-state index < -0.39 is 75.8 Å². The minimum Gasteiger partial charge on any atom is -0.508 e. The Kier molecular flexibility index (Phi) is 28.0. The van der Waals surface area contributed by atoms with Gasteiger partial charge in [-0.2, -0.15) is 38.0 Å². The first-order valence-electron chi connectivity index (χ1n) is 37.0. The first kappa shape index (κ1) is 87.3. The van der Waals surface area contributed by atoms with Crippen molar-refractivity contribution in [1.29, 1.82) is 0 Å². The number of anilines is 2. The summed E-state index contributed by atoms with van der Waals surface area (Å²) in [5, 5.41) is 53.9. The van der Waals surface area contributed by atoms with Gasteiger partial charge in [0.1, 0.15) is 75.7 Å². The maximum Gasteiger partial charge on any atom is 0.410 e. The van der Waals surface area contributed by atoms with Crippen LogP contribution in [0.3, 0.4) is 0 Å². The summed E-state index contributed by atoms with van der Waals surface area (Å²) in [7, 11) is -2.74. The Bertz CT molecular complexity index is 5210. The summed E-state index contributed by atoms with van der Waals surface area (Å²) in [5.41, 5.74) is 1.42. The molecule has 0 saturated carbocycles. The predicted molar refractivity (Wildman–Crippen MR) is 436 cm³/mol. The molecule has 0 aliphatic carbocycles. The van der Waals surface area contributed by atoms with Gasteiger partial charge in [0.15, 0.2) is 11.3 Å². The molecule has 35 heteroatoms. The van der Waals surface area contributed by atoms with Gasteiger partial charge >= 0.3 is 25.4 Å². The molecule has 0 spiro atoms. The molecule has 11 aromatic rings. The molecule has 0 bridgehead atoms. The number of hydrogen-bond acceptors (Lipinski definition) is 20. The van der Waals surface area contributed by atoms with Gasteiger partial charge in [-0.25, -0.2) is 38.0 Å². The Morgan fingerprint density at radius 1 is 0.543 bits per heavy atom. The number of rotatable bonds is 24. The molecule has 2 saturated heterocycles. The lowest BCUT2D eigenvalue weighted by molar-refractivity contribution is -0.103. The third-order valence-electron chi connectivity index (χ3n) is 17.5. The Balaban J connectivity index is 0.000000194. The number of alkyl halides is 4. The summed E-state index contributed by atoms with van der Waals surface area (Å²) in [5.74, 6) is -0.626. The molecule has 4 amide bonds. The molecule has 0 unspecified atom stereocenters. The number of aliphatic hydroxyl groups is 2. The monoisotopic (exact) mass is 1700 g/mol. The number of phenolic OH excluding ortho intramolecular Hbond substituents is 1. The van der Waals surface area contributed by atoms with Gasteiger partial charge in [0.2, 0.25) is 0 Å². The summed E-state index contributed by atoms with van der Waals surface area (Å²) in [6.07, 6.45) is 11.1. The molecule has 8 heterocycles. The van der Waals surface area contributed by atoms with E-state index in [4.69, 9.17) is 33.2 Å². The van der Waals surface area contributed by atoms with Crippen molar-refractivity contribution in [3.63, 3.8) is 0 Å². The third-order valence-corrected chi connectivity index (χ3v) is 21.4. The van der Waals surface area contributed by atoms with Crippen LogP contribution in [0, 0.1) is 6.92 Å². The number of carbonyl (C=O) groups excluding carboxylic acids is 4. The van der Waals surface area contributed by atoms with E-state index in [0.717, 1.165) is 12.1 Å². The fourth-order valence-electron chi connectivity index (χ4n) is 11.7. The second kappa shape index (κ2) is 37.2. The normalized spacial score (nSPS) is 13.7. The highest BCUT2D eigenvalue weighted by Gasteiger charge is 2.48. The fraction of sp³-hybridized carbons (Fsp3) is 0.358. The zero-order valence-corrected chi connectivity index (χ0v) is 70.1. The Morgan fingerprint density at radius 3 is 1.41 bits per heavy atom. The van der Waals surface area contributed by atoms with Gasteiger partial charge in [-0.3, -0.25) is 9.59 Å². The average molecular weight is 1700 g/mol. The van der Waals surface area contributed by atoms with E-state index in [-0.39, 0.29) is 90.7 Å². The van der Waals surface area contributed by atoms with Gasteiger partial charge in [-0.1, -0.05) is 115 Å². The number of aromatic hydroxyl groups is 1. The Labute approximate surface area is 678 Å². The maximum atomic E-state index is 13.8. The van der Waals surface area contributed by atoms with Crippen molar-refractivity contribution >= 4 is 78.7 Å². The van der Waals surface area contributed by atoms with Crippen LogP contribution < -0.4 is 24.8 Å². The van der Waals surface area contributed by atoms with Crippen LogP contribution in [0.15, 0.2) is 181 Å². The van der Waals surface area contributed by atoms with E-state index in [0.29, 0.717) is 62.8 Å². The number of aromatic nitrogens is 10. The molecular formula is C81H95BrF4N14O14Si2. The number of phenols is 1. The molecule has 6 aromatic heterocycles. The molecule has 13 rings (SSSR count). The highest BCUT2D eigenvalue weighted by atomic mass is 79.9. The van der Waals surface area contributed by atoms with Crippen LogP contribution in [-0.2, 0) is 43.6 Å². The number of halogens is 5. The van der Waals surface area contributed by atoms with Crippen LogP contribution in [0.5, 0.6) is 28.7 Å². The van der Waals surface area contributed by atoms with E-state index in [1.165, 1.54) is 101 Å². The first-order valence-corrected chi connectivity index (χ1v) is 45.2. The number of benzene rings is 5. The van der Waals surface area contributed by atoms with E-state index in [1.807, 2.05) is 18.2 Å². The molecule has 5 N–H and O–H groups in total. The number of likely N-dealkylation sites (tertiary alicyclic amines) is 2. The SMILES string of the molecule is CC(C)(C)OC(=O)N1CC(O)(c2cccc(O)c2)C1.CC(C)(C)OC(=O)N1CC(O)(c2cccc(Oc3ccc(OC(F)F)c(-c4c(NC(=O)c5cnn6cccnc56)cnn4COCC[Si](C)(C)C)c3)c2)C1.C[Si](C)(C)CCOCn1ncc(NC(=O)c2cnn3cccnc23)c1-c1cc(Br)ccc1OC(F)F.Cc1ccccc1. The van der Waals surface area contributed by atoms with Gasteiger partial charge in [0.05, 0.1) is 73.7 Å². The number of carbonyl (C=O) groups is 4. The number of hydrogen-bond donors (Lipinski definition) is 5. The zero-order valence-electron chi connectivity index (χ0n) is 66.6. The molecule has 28 nitrogen and oxygen atoms in total. The summed E-state index contributed by atoms with van der Waals surface area (Å²) in [6, 6.07) is 37.6. The Morgan fingerprint density at radius 2 is 0.983 bits per heavy atom. The summed E-state index contributed by atoms with van der Waals surface area (Å²) in [4.78, 5) is 62.3. The second-order valence-electron chi connectivity index (χ2n) is 31.9. The summed E-state index contributed by atoms with van der Waals surface area (Å²) in [6.45, 7) is 21.4. The number of nitrogens with zero attached hydrogens (tertiary/aromatic N) is 12. The van der Waals surface area contributed by atoms with Crippen LogP contribution in [0.1, 0.15) is 78.9 Å². The minimum atomic E-state index is -3.16.